The minimum atomic E-state index is -3.87. The first-order chi connectivity index (χ1) is 13.3. The smallest absolute Gasteiger partial charge is 0.330 e. The second kappa shape index (κ2) is 7.49. The zero-order valence-corrected chi connectivity index (χ0v) is 16.4. The fourth-order valence-electron chi connectivity index (χ4n) is 3.19. The summed E-state index contributed by atoms with van der Waals surface area (Å²) in [4.78, 5) is 11.6. The van der Waals surface area contributed by atoms with Gasteiger partial charge < -0.3 is 4.74 Å². The Labute approximate surface area is 164 Å². The number of ether oxygens (including phenoxy) is 1. The molecular weight excluding hydrogens is 376 g/mol. The van der Waals surface area contributed by atoms with Gasteiger partial charge in [-0.05, 0) is 44.6 Å². The zero-order valence-electron chi connectivity index (χ0n) is 15.6. The molecule has 1 heterocycles. The van der Waals surface area contributed by atoms with Crippen LogP contribution in [0.1, 0.15) is 25.8 Å². The third-order valence-corrected chi connectivity index (χ3v) is 6.94. The van der Waals surface area contributed by atoms with Gasteiger partial charge in [0, 0.05) is 28.8 Å². The number of rotatable bonds is 5. The predicted octanol–water partition coefficient (Wildman–Crippen LogP) is 3.56. The lowest BCUT2D eigenvalue weighted by Crippen LogP contribution is -2.38. The fourth-order valence-corrected chi connectivity index (χ4v) is 4.89. The van der Waals surface area contributed by atoms with Crippen LogP contribution in [-0.4, -0.2) is 29.7 Å². The van der Waals surface area contributed by atoms with Crippen LogP contribution in [-0.2, 0) is 19.6 Å². The summed E-state index contributed by atoms with van der Waals surface area (Å²) in [6.45, 7) is 3.58. The van der Waals surface area contributed by atoms with E-state index in [2.05, 4.69) is 0 Å². The second-order valence-corrected chi connectivity index (χ2v) is 8.89. The Hall–Kier alpha value is -3.11. The highest BCUT2D eigenvalue weighted by molar-refractivity contribution is 7.91. The quantitative estimate of drug-likeness (QED) is 0.569. The van der Waals surface area contributed by atoms with E-state index in [1.54, 1.807) is 56.3 Å². The standard InChI is InChI=1S/C21H20N2O4S/c1-3-27-20(24)11-10-17-15-23(19-9-5-4-8-18(17)19)28(25,26)21(2)12-6-7-16(13-21)14-22/h4-11,13,15H,3,12H2,1-2H3/b11-10+. The molecule has 0 saturated heterocycles. The van der Waals surface area contributed by atoms with Crippen molar-refractivity contribution in [1.29, 1.82) is 5.26 Å². The Kier molecular flexibility index (Phi) is 5.25. The Morgan fingerprint density at radius 3 is 2.86 bits per heavy atom. The van der Waals surface area contributed by atoms with Gasteiger partial charge in [0.15, 0.2) is 0 Å². The van der Waals surface area contributed by atoms with Crippen LogP contribution in [0.5, 0.6) is 0 Å². The summed E-state index contributed by atoms with van der Waals surface area (Å²) in [7, 11) is -3.87. The Bertz CT molecular complexity index is 1160. The Morgan fingerprint density at radius 1 is 1.39 bits per heavy atom. The lowest BCUT2D eigenvalue weighted by atomic mass is 9.98. The molecule has 1 atom stereocenters. The average molecular weight is 396 g/mol. The second-order valence-electron chi connectivity index (χ2n) is 6.62. The van der Waals surface area contributed by atoms with Crippen LogP contribution < -0.4 is 0 Å². The van der Waals surface area contributed by atoms with Crippen molar-refractivity contribution < 1.29 is 17.9 Å². The van der Waals surface area contributed by atoms with Crippen molar-refractivity contribution in [1.82, 2.24) is 3.97 Å². The molecule has 6 nitrogen and oxygen atoms in total. The molecule has 144 valence electrons. The number of nitriles is 1. The molecule has 0 fully saturated rings. The summed E-state index contributed by atoms with van der Waals surface area (Å²) in [5, 5.41) is 9.88. The molecule has 1 aliphatic carbocycles. The van der Waals surface area contributed by atoms with Crippen LogP contribution >= 0.6 is 0 Å². The molecule has 0 saturated carbocycles. The average Bonchev–Trinajstić information content (AvgIpc) is 3.06. The summed E-state index contributed by atoms with van der Waals surface area (Å²) in [6.07, 6.45) is 9.40. The molecule has 0 amide bonds. The highest BCUT2D eigenvalue weighted by Gasteiger charge is 2.40. The first kappa shape index (κ1) is 19.6. The molecule has 2 aromatic rings. The number of fused-ring (bicyclic) bond motifs is 1. The van der Waals surface area contributed by atoms with Crippen molar-refractivity contribution in [2.75, 3.05) is 6.61 Å². The van der Waals surface area contributed by atoms with Gasteiger partial charge in [0.05, 0.1) is 18.2 Å². The molecule has 3 rings (SSSR count). The molecule has 1 unspecified atom stereocenters. The molecule has 0 spiro atoms. The molecule has 0 bridgehead atoms. The van der Waals surface area contributed by atoms with Crippen LogP contribution in [0.2, 0.25) is 0 Å². The van der Waals surface area contributed by atoms with E-state index in [4.69, 9.17) is 4.74 Å². The molecular formula is C21H20N2O4S. The normalized spacial score (nSPS) is 19.5. The third kappa shape index (κ3) is 3.39. The maximum absolute atomic E-state index is 13.5. The van der Waals surface area contributed by atoms with Gasteiger partial charge >= 0.3 is 5.97 Å². The van der Waals surface area contributed by atoms with Gasteiger partial charge in [0.2, 0.25) is 10.0 Å². The maximum atomic E-state index is 13.5. The molecule has 28 heavy (non-hydrogen) atoms. The zero-order chi connectivity index (χ0) is 20.4. The molecule has 1 aromatic carbocycles. The Morgan fingerprint density at radius 2 is 2.14 bits per heavy atom. The van der Waals surface area contributed by atoms with Crippen LogP contribution in [0.25, 0.3) is 17.0 Å². The van der Waals surface area contributed by atoms with Gasteiger partial charge in [-0.3, -0.25) is 0 Å². The lowest BCUT2D eigenvalue weighted by Gasteiger charge is -2.28. The van der Waals surface area contributed by atoms with Crippen molar-refractivity contribution in [2.45, 2.75) is 25.0 Å². The first-order valence-electron chi connectivity index (χ1n) is 8.82. The molecule has 7 heteroatoms. The summed E-state index contributed by atoms with van der Waals surface area (Å²) in [5.41, 5.74) is 1.41. The number of hydrogen-bond donors (Lipinski definition) is 0. The predicted molar refractivity (Wildman–Crippen MR) is 108 cm³/mol. The van der Waals surface area contributed by atoms with E-state index in [1.807, 2.05) is 6.07 Å². The molecule has 0 aliphatic heterocycles. The van der Waals surface area contributed by atoms with Crippen molar-refractivity contribution in [3.63, 3.8) is 0 Å². The summed E-state index contributed by atoms with van der Waals surface area (Å²) in [6, 6.07) is 9.08. The van der Waals surface area contributed by atoms with Crippen LogP contribution in [0.4, 0.5) is 0 Å². The highest BCUT2D eigenvalue weighted by Crippen LogP contribution is 2.34. The number of benzene rings is 1. The summed E-state index contributed by atoms with van der Waals surface area (Å²) in [5.74, 6) is -0.492. The van der Waals surface area contributed by atoms with E-state index in [-0.39, 0.29) is 13.0 Å². The Balaban J connectivity index is 2.14. The number of allylic oxidation sites excluding steroid dienone is 3. The van der Waals surface area contributed by atoms with Crippen LogP contribution in [0.15, 0.2) is 60.3 Å². The summed E-state index contributed by atoms with van der Waals surface area (Å²) < 4.78 is 31.9. The van der Waals surface area contributed by atoms with Crippen molar-refractivity contribution in [2.24, 2.45) is 0 Å². The van der Waals surface area contributed by atoms with Gasteiger partial charge in [-0.2, -0.15) is 5.26 Å². The number of aromatic nitrogens is 1. The third-order valence-electron chi connectivity index (χ3n) is 4.65. The van der Waals surface area contributed by atoms with E-state index in [9.17, 15) is 18.5 Å². The number of carbonyl (C=O) groups is 1. The number of hydrogen-bond acceptors (Lipinski definition) is 5. The summed E-state index contributed by atoms with van der Waals surface area (Å²) >= 11 is 0. The van der Waals surface area contributed by atoms with E-state index in [1.165, 1.54) is 22.3 Å². The highest BCUT2D eigenvalue weighted by atomic mass is 32.2. The lowest BCUT2D eigenvalue weighted by molar-refractivity contribution is -0.137. The van der Waals surface area contributed by atoms with Gasteiger partial charge in [-0.1, -0.05) is 24.3 Å². The van der Waals surface area contributed by atoms with E-state index < -0.39 is 20.7 Å². The van der Waals surface area contributed by atoms with Crippen LogP contribution in [0, 0.1) is 11.3 Å². The molecule has 1 aromatic heterocycles. The number of nitrogens with zero attached hydrogens (tertiary/aromatic N) is 2. The minimum absolute atomic E-state index is 0.263. The fraction of sp³-hybridized carbons (Fsp3) is 0.238. The van der Waals surface area contributed by atoms with Gasteiger partial charge in [-0.15, -0.1) is 0 Å². The van der Waals surface area contributed by atoms with E-state index in [0.29, 0.717) is 22.0 Å². The van der Waals surface area contributed by atoms with E-state index in [0.717, 1.165) is 0 Å². The van der Waals surface area contributed by atoms with Crippen LogP contribution in [0.3, 0.4) is 0 Å². The van der Waals surface area contributed by atoms with E-state index >= 15 is 0 Å². The minimum Gasteiger partial charge on any atom is -0.463 e. The topological polar surface area (TPSA) is 89.2 Å². The first-order valence-corrected chi connectivity index (χ1v) is 10.3. The maximum Gasteiger partial charge on any atom is 0.330 e. The van der Waals surface area contributed by atoms with Gasteiger partial charge in [-0.25, -0.2) is 17.2 Å². The van der Waals surface area contributed by atoms with Crippen molar-refractivity contribution in [3.05, 3.63) is 65.9 Å². The van der Waals surface area contributed by atoms with Crippen molar-refractivity contribution >= 4 is 33.0 Å². The molecule has 1 aliphatic rings. The molecule has 0 radical (unpaired) electrons. The molecule has 0 N–H and O–H groups in total. The van der Waals surface area contributed by atoms with Gasteiger partial charge in [0.25, 0.3) is 0 Å². The monoisotopic (exact) mass is 396 g/mol. The number of esters is 1. The SMILES string of the molecule is CCOC(=O)/C=C/c1cn(S(=O)(=O)C2(C)C=C(C#N)C=CC2)c2ccccc12. The van der Waals surface area contributed by atoms with Gasteiger partial charge in [0.1, 0.15) is 4.75 Å². The number of carbonyl (C=O) groups excluding carboxylic acids is 1. The largest absolute Gasteiger partial charge is 0.463 e. The number of para-hydroxylation sites is 1. The van der Waals surface area contributed by atoms with Crippen molar-refractivity contribution in [3.8, 4) is 6.07 Å².